The molecule has 26 heavy (non-hydrogen) atoms. The molecule has 1 aromatic heterocycles. The molecule has 2 aromatic rings. The Kier molecular flexibility index (Phi) is 6.68. The SMILES string of the molecule is Cc1ccc(NC(=O)CN(C)C(=O)CNC(=O)c2cc(Cl)ccn2)cc1. The van der Waals surface area contributed by atoms with Gasteiger partial charge in [-0.05, 0) is 31.2 Å². The highest BCUT2D eigenvalue weighted by Crippen LogP contribution is 2.09. The van der Waals surface area contributed by atoms with Gasteiger partial charge >= 0.3 is 0 Å². The normalized spacial score (nSPS) is 10.1. The van der Waals surface area contributed by atoms with Crippen LogP contribution < -0.4 is 10.6 Å². The van der Waals surface area contributed by atoms with Crippen molar-refractivity contribution < 1.29 is 14.4 Å². The molecule has 0 bridgehead atoms. The van der Waals surface area contributed by atoms with E-state index in [0.29, 0.717) is 10.7 Å². The van der Waals surface area contributed by atoms with Crippen molar-refractivity contribution in [2.24, 2.45) is 0 Å². The molecule has 0 spiro atoms. The maximum Gasteiger partial charge on any atom is 0.270 e. The van der Waals surface area contributed by atoms with Gasteiger partial charge < -0.3 is 15.5 Å². The first-order valence-electron chi connectivity index (χ1n) is 7.85. The number of benzene rings is 1. The Labute approximate surface area is 156 Å². The van der Waals surface area contributed by atoms with Crippen LogP contribution >= 0.6 is 11.6 Å². The number of hydrogen-bond donors (Lipinski definition) is 2. The van der Waals surface area contributed by atoms with E-state index in [1.165, 1.54) is 24.2 Å². The number of nitrogens with one attached hydrogen (secondary N) is 2. The zero-order valence-electron chi connectivity index (χ0n) is 14.5. The van der Waals surface area contributed by atoms with Crippen LogP contribution in [0.2, 0.25) is 5.02 Å². The van der Waals surface area contributed by atoms with Crippen LogP contribution in [0.25, 0.3) is 0 Å². The highest BCUT2D eigenvalue weighted by molar-refractivity contribution is 6.30. The second kappa shape index (κ2) is 8.96. The third-order valence-corrected chi connectivity index (χ3v) is 3.73. The smallest absolute Gasteiger partial charge is 0.270 e. The quantitative estimate of drug-likeness (QED) is 0.807. The average Bonchev–Trinajstić information content (AvgIpc) is 2.61. The maximum atomic E-state index is 12.1. The van der Waals surface area contributed by atoms with Crippen molar-refractivity contribution in [3.05, 3.63) is 58.9 Å². The highest BCUT2D eigenvalue weighted by atomic mass is 35.5. The molecular weight excluding hydrogens is 356 g/mol. The van der Waals surface area contributed by atoms with Gasteiger partial charge in [0.1, 0.15) is 5.69 Å². The molecule has 0 aliphatic heterocycles. The molecule has 0 aliphatic rings. The van der Waals surface area contributed by atoms with Crippen molar-refractivity contribution in [1.29, 1.82) is 0 Å². The fourth-order valence-electron chi connectivity index (χ4n) is 2.05. The Balaban J connectivity index is 1.80. The minimum atomic E-state index is -0.515. The number of likely N-dealkylation sites (N-methyl/N-ethyl adjacent to an activating group) is 1. The number of hydrogen-bond acceptors (Lipinski definition) is 4. The van der Waals surface area contributed by atoms with Crippen LogP contribution in [0.15, 0.2) is 42.6 Å². The van der Waals surface area contributed by atoms with Gasteiger partial charge in [-0.1, -0.05) is 29.3 Å². The molecule has 2 rings (SSSR count). The first kappa shape index (κ1) is 19.4. The van der Waals surface area contributed by atoms with Gasteiger partial charge in [-0.15, -0.1) is 0 Å². The van der Waals surface area contributed by atoms with Gasteiger partial charge in [0, 0.05) is 24.0 Å². The fraction of sp³-hybridized carbons (Fsp3) is 0.222. The summed E-state index contributed by atoms with van der Waals surface area (Å²) in [5.41, 5.74) is 1.85. The first-order chi connectivity index (χ1) is 12.3. The summed E-state index contributed by atoms with van der Waals surface area (Å²) < 4.78 is 0. The Hall–Kier alpha value is -2.93. The summed E-state index contributed by atoms with van der Waals surface area (Å²) in [7, 11) is 1.49. The number of aromatic nitrogens is 1. The van der Waals surface area contributed by atoms with Crippen LogP contribution in [0.4, 0.5) is 5.69 Å². The van der Waals surface area contributed by atoms with Crippen LogP contribution in [0.5, 0.6) is 0 Å². The number of aryl methyl sites for hydroxylation is 1. The Bertz CT molecular complexity index is 808. The summed E-state index contributed by atoms with van der Waals surface area (Å²) in [6, 6.07) is 10.3. The second-order valence-electron chi connectivity index (χ2n) is 5.71. The fourth-order valence-corrected chi connectivity index (χ4v) is 2.21. The summed E-state index contributed by atoms with van der Waals surface area (Å²) in [6.45, 7) is 1.57. The maximum absolute atomic E-state index is 12.1. The van der Waals surface area contributed by atoms with Crippen LogP contribution in [0.3, 0.4) is 0 Å². The third kappa shape index (κ3) is 5.86. The topological polar surface area (TPSA) is 91.4 Å². The molecule has 0 unspecified atom stereocenters. The Morgan fingerprint density at radius 3 is 2.50 bits per heavy atom. The minimum Gasteiger partial charge on any atom is -0.342 e. The summed E-state index contributed by atoms with van der Waals surface area (Å²) >= 11 is 5.79. The van der Waals surface area contributed by atoms with E-state index in [2.05, 4.69) is 15.6 Å². The number of carbonyl (C=O) groups excluding carboxylic acids is 3. The summed E-state index contributed by atoms with van der Waals surface area (Å²) in [6.07, 6.45) is 1.40. The van der Waals surface area contributed by atoms with Crippen molar-refractivity contribution in [3.63, 3.8) is 0 Å². The third-order valence-electron chi connectivity index (χ3n) is 3.50. The number of anilines is 1. The van der Waals surface area contributed by atoms with Gasteiger partial charge in [-0.2, -0.15) is 0 Å². The summed E-state index contributed by atoms with van der Waals surface area (Å²) in [5, 5.41) is 5.54. The number of carbonyl (C=O) groups is 3. The molecule has 0 atom stereocenters. The van der Waals surface area contributed by atoms with Crippen LogP contribution in [0.1, 0.15) is 16.1 Å². The molecule has 7 nitrogen and oxygen atoms in total. The number of nitrogens with zero attached hydrogens (tertiary/aromatic N) is 2. The molecule has 0 radical (unpaired) electrons. The van der Waals surface area contributed by atoms with Crippen LogP contribution in [-0.2, 0) is 9.59 Å². The molecule has 0 saturated carbocycles. The number of amides is 3. The van der Waals surface area contributed by atoms with Crippen LogP contribution in [0, 0.1) is 6.92 Å². The van der Waals surface area contributed by atoms with Gasteiger partial charge in [0.2, 0.25) is 11.8 Å². The van der Waals surface area contributed by atoms with Crippen molar-refractivity contribution in [2.45, 2.75) is 6.92 Å². The lowest BCUT2D eigenvalue weighted by Gasteiger charge is -2.17. The largest absolute Gasteiger partial charge is 0.342 e. The van der Waals surface area contributed by atoms with E-state index in [4.69, 9.17) is 11.6 Å². The molecular formula is C18H19ClN4O3. The predicted molar refractivity (Wildman–Crippen MR) is 99.0 cm³/mol. The predicted octanol–water partition coefficient (Wildman–Crippen LogP) is 1.87. The second-order valence-corrected chi connectivity index (χ2v) is 6.14. The van der Waals surface area contributed by atoms with E-state index in [0.717, 1.165) is 5.56 Å². The molecule has 136 valence electrons. The highest BCUT2D eigenvalue weighted by Gasteiger charge is 2.15. The number of pyridine rings is 1. The van der Waals surface area contributed by atoms with Gasteiger partial charge in [0.25, 0.3) is 5.91 Å². The van der Waals surface area contributed by atoms with E-state index < -0.39 is 11.8 Å². The lowest BCUT2D eigenvalue weighted by atomic mass is 10.2. The Morgan fingerprint density at radius 2 is 1.85 bits per heavy atom. The lowest BCUT2D eigenvalue weighted by Crippen LogP contribution is -2.41. The van der Waals surface area contributed by atoms with Crippen LogP contribution in [-0.4, -0.2) is 47.7 Å². The van der Waals surface area contributed by atoms with Gasteiger partial charge in [0.15, 0.2) is 0 Å². The molecule has 0 fully saturated rings. The van der Waals surface area contributed by atoms with E-state index in [1.54, 1.807) is 18.2 Å². The van der Waals surface area contributed by atoms with Crippen molar-refractivity contribution in [3.8, 4) is 0 Å². The van der Waals surface area contributed by atoms with Gasteiger partial charge in [0.05, 0.1) is 13.1 Å². The van der Waals surface area contributed by atoms with Crippen molar-refractivity contribution >= 4 is 35.0 Å². The molecule has 1 heterocycles. The number of halogens is 1. The minimum absolute atomic E-state index is 0.116. The average molecular weight is 375 g/mol. The molecule has 0 saturated heterocycles. The molecule has 2 N–H and O–H groups in total. The monoisotopic (exact) mass is 374 g/mol. The van der Waals surface area contributed by atoms with E-state index in [9.17, 15) is 14.4 Å². The first-order valence-corrected chi connectivity index (χ1v) is 8.23. The van der Waals surface area contributed by atoms with Gasteiger partial charge in [-0.25, -0.2) is 0 Å². The van der Waals surface area contributed by atoms with E-state index in [1.807, 2.05) is 19.1 Å². The number of rotatable bonds is 6. The zero-order chi connectivity index (χ0) is 19.1. The van der Waals surface area contributed by atoms with E-state index >= 15 is 0 Å². The van der Waals surface area contributed by atoms with E-state index in [-0.39, 0.29) is 24.7 Å². The molecule has 1 aromatic carbocycles. The molecule has 8 heteroatoms. The standard InChI is InChI=1S/C18H19ClN4O3/c1-12-3-5-14(6-4-12)22-16(24)11-23(2)17(25)10-21-18(26)15-9-13(19)7-8-20-15/h3-9H,10-11H2,1-2H3,(H,21,26)(H,22,24). The molecule has 3 amide bonds. The van der Waals surface area contributed by atoms with Crippen molar-refractivity contribution in [1.82, 2.24) is 15.2 Å². The molecule has 0 aliphatic carbocycles. The van der Waals surface area contributed by atoms with Crippen molar-refractivity contribution in [2.75, 3.05) is 25.5 Å². The lowest BCUT2D eigenvalue weighted by molar-refractivity contribution is -0.132. The summed E-state index contributed by atoms with van der Waals surface area (Å²) in [4.78, 5) is 41.1. The van der Waals surface area contributed by atoms with Gasteiger partial charge in [-0.3, -0.25) is 19.4 Å². The summed E-state index contributed by atoms with van der Waals surface area (Å²) in [5.74, 6) is -1.25. The Morgan fingerprint density at radius 1 is 1.15 bits per heavy atom. The zero-order valence-corrected chi connectivity index (χ0v) is 15.2.